The fraction of sp³-hybridized carbons (Fsp3) is 0.304. The minimum atomic E-state index is -0.775. The van der Waals surface area contributed by atoms with E-state index in [2.05, 4.69) is 15.2 Å². The van der Waals surface area contributed by atoms with Gasteiger partial charge in [-0.1, -0.05) is 18.2 Å². The highest BCUT2D eigenvalue weighted by Gasteiger charge is 2.47. The average Bonchev–Trinajstić information content (AvgIpc) is 3.49. The molecule has 1 atom stereocenters. The van der Waals surface area contributed by atoms with Crippen LogP contribution in [0.15, 0.2) is 48.6 Å². The van der Waals surface area contributed by atoms with E-state index < -0.39 is 17.7 Å². The number of carbonyl (C=O) groups is 2. The maximum atomic E-state index is 13.2. The van der Waals surface area contributed by atoms with Gasteiger partial charge in [0.1, 0.15) is 11.5 Å². The molecule has 1 fully saturated rings. The fourth-order valence-electron chi connectivity index (χ4n) is 4.20. The molecule has 0 spiro atoms. The first-order chi connectivity index (χ1) is 15.4. The highest BCUT2D eigenvalue weighted by molar-refractivity contribution is 6.46. The lowest BCUT2D eigenvalue weighted by atomic mass is 9.94. The van der Waals surface area contributed by atoms with E-state index >= 15 is 0 Å². The third-order valence-electron chi connectivity index (χ3n) is 5.71. The molecule has 1 aliphatic rings. The highest BCUT2D eigenvalue weighted by atomic mass is 16.5. The zero-order chi connectivity index (χ0) is 22.8. The molecule has 1 saturated heterocycles. The number of carbonyl (C=O) groups excluding carboxylic acids is 2. The van der Waals surface area contributed by atoms with Crippen LogP contribution >= 0.6 is 0 Å². The molecule has 0 aliphatic carbocycles. The van der Waals surface area contributed by atoms with Gasteiger partial charge in [-0.3, -0.25) is 14.7 Å². The molecule has 2 N–H and O–H groups in total. The summed E-state index contributed by atoms with van der Waals surface area (Å²) in [5, 5.41) is 18.2. The van der Waals surface area contributed by atoms with Crippen LogP contribution in [0.2, 0.25) is 0 Å². The molecular formula is C23H25N5O4. The normalized spacial score (nSPS) is 17.8. The molecule has 1 unspecified atom stereocenters. The first-order valence-electron chi connectivity index (χ1n) is 10.3. The predicted octanol–water partition coefficient (Wildman–Crippen LogP) is 2.74. The summed E-state index contributed by atoms with van der Waals surface area (Å²) in [5.41, 5.74) is 2.27. The number of imidazole rings is 1. The van der Waals surface area contributed by atoms with Crippen molar-refractivity contribution in [2.24, 2.45) is 0 Å². The van der Waals surface area contributed by atoms with Gasteiger partial charge in [0, 0.05) is 36.7 Å². The van der Waals surface area contributed by atoms with Crippen molar-refractivity contribution in [3.8, 4) is 5.75 Å². The van der Waals surface area contributed by atoms with Gasteiger partial charge in [0.15, 0.2) is 0 Å². The minimum Gasteiger partial charge on any atom is -0.507 e. The lowest BCUT2D eigenvalue weighted by Gasteiger charge is -2.26. The standard InChI is InChI=1S/C23H25N5O4/c1-14-18(15(2)26-25-14)21(29)19-20(16-7-4-5-8-17(16)32-3)28(23(31)22(19)30)11-6-10-27-12-9-24-13-27/h4-5,7-9,12-13,20,29H,6,10-11H2,1-3H3,(H,25,26)/b21-19+. The van der Waals surface area contributed by atoms with E-state index in [1.54, 1.807) is 38.5 Å². The van der Waals surface area contributed by atoms with Crippen LogP contribution < -0.4 is 4.74 Å². The molecule has 166 valence electrons. The molecule has 4 rings (SSSR count). The van der Waals surface area contributed by atoms with Gasteiger partial charge in [0.25, 0.3) is 11.7 Å². The number of ketones is 1. The van der Waals surface area contributed by atoms with E-state index in [1.807, 2.05) is 22.9 Å². The van der Waals surface area contributed by atoms with Gasteiger partial charge in [0.05, 0.1) is 36.3 Å². The zero-order valence-electron chi connectivity index (χ0n) is 18.2. The van der Waals surface area contributed by atoms with Crippen LogP contribution in [0.5, 0.6) is 5.75 Å². The summed E-state index contributed by atoms with van der Waals surface area (Å²) >= 11 is 0. The number of likely N-dealkylation sites (tertiary alicyclic amines) is 1. The van der Waals surface area contributed by atoms with E-state index in [0.717, 1.165) is 0 Å². The molecule has 1 aromatic carbocycles. The summed E-state index contributed by atoms with van der Waals surface area (Å²) in [5.74, 6) is -1.07. The van der Waals surface area contributed by atoms with Crippen LogP contribution in [0.1, 0.15) is 35.0 Å². The molecule has 1 aliphatic heterocycles. The number of amides is 1. The van der Waals surface area contributed by atoms with Crippen LogP contribution in [0.4, 0.5) is 0 Å². The number of para-hydroxylation sites is 1. The molecule has 0 saturated carbocycles. The Bertz CT molecular complexity index is 1160. The number of aliphatic hydroxyl groups excluding tert-OH is 1. The second-order valence-corrected chi connectivity index (χ2v) is 7.70. The number of methoxy groups -OCH3 is 1. The average molecular weight is 435 g/mol. The number of H-pyrrole nitrogens is 1. The van der Waals surface area contributed by atoms with Crippen molar-refractivity contribution in [1.29, 1.82) is 0 Å². The van der Waals surface area contributed by atoms with Gasteiger partial charge in [-0.05, 0) is 26.3 Å². The molecule has 3 aromatic rings. The van der Waals surface area contributed by atoms with Gasteiger partial charge in [-0.15, -0.1) is 0 Å². The largest absolute Gasteiger partial charge is 0.507 e. The highest BCUT2D eigenvalue weighted by Crippen LogP contribution is 2.43. The van der Waals surface area contributed by atoms with E-state index in [-0.39, 0.29) is 11.3 Å². The molecule has 0 bridgehead atoms. The number of aromatic amines is 1. The van der Waals surface area contributed by atoms with Crippen LogP contribution in [0, 0.1) is 13.8 Å². The van der Waals surface area contributed by atoms with Gasteiger partial charge in [-0.2, -0.15) is 5.10 Å². The number of aromatic nitrogens is 4. The van der Waals surface area contributed by atoms with Crippen LogP contribution in [-0.2, 0) is 16.1 Å². The summed E-state index contributed by atoms with van der Waals surface area (Å²) in [4.78, 5) is 31.8. The Labute approximate surface area is 185 Å². The van der Waals surface area contributed by atoms with E-state index in [0.29, 0.717) is 47.8 Å². The molecule has 32 heavy (non-hydrogen) atoms. The summed E-state index contributed by atoms with van der Waals surface area (Å²) in [7, 11) is 1.54. The number of ether oxygens (including phenoxy) is 1. The number of aryl methyl sites for hydroxylation is 3. The molecule has 2 aromatic heterocycles. The number of hydrogen-bond donors (Lipinski definition) is 2. The second-order valence-electron chi connectivity index (χ2n) is 7.70. The number of hydrogen-bond acceptors (Lipinski definition) is 6. The van der Waals surface area contributed by atoms with Crippen molar-refractivity contribution in [3.05, 3.63) is 71.1 Å². The third kappa shape index (κ3) is 3.66. The molecule has 9 heteroatoms. The third-order valence-corrected chi connectivity index (χ3v) is 5.71. The number of benzene rings is 1. The maximum absolute atomic E-state index is 13.2. The van der Waals surface area contributed by atoms with Gasteiger partial charge < -0.3 is 19.3 Å². The van der Waals surface area contributed by atoms with Crippen molar-refractivity contribution in [2.75, 3.05) is 13.7 Å². The Balaban J connectivity index is 1.80. The minimum absolute atomic E-state index is 0.0368. The summed E-state index contributed by atoms with van der Waals surface area (Å²) in [6.07, 6.45) is 5.85. The zero-order valence-corrected chi connectivity index (χ0v) is 18.2. The topological polar surface area (TPSA) is 113 Å². The number of nitrogens with zero attached hydrogens (tertiary/aromatic N) is 4. The monoisotopic (exact) mass is 435 g/mol. The summed E-state index contributed by atoms with van der Waals surface area (Å²) < 4.78 is 7.43. The van der Waals surface area contributed by atoms with Crippen LogP contribution in [0.3, 0.4) is 0 Å². The predicted molar refractivity (Wildman–Crippen MR) is 117 cm³/mol. The number of rotatable bonds is 7. The van der Waals surface area contributed by atoms with Crippen LogP contribution in [-0.4, -0.2) is 55.1 Å². The molecule has 3 heterocycles. The number of nitrogens with one attached hydrogen (secondary N) is 1. The molecule has 9 nitrogen and oxygen atoms in total. The second kappa shape index (κ2) is 8.70. The van der Waals surface area contributed by atoms with Gasteiger partial charge >= 0.3 is 0 Å². The van der Waals surface area contributed by atoms with E-state index in [4.69, 9.17) is 4.74 Å². The Kier molecular flexibility index (Phi) is 5.81. The maximum Gasteiger partial charge on any atom is 0.295 e. The Morgan fingerprint density at radius 3 is 2.66 bits per heavy atom. The van der Waals surface area contributed by atoms with Gasteiger partial charge in [-0.25, -0.2) is 4.98 Å². The quantitative estimate of drug-likeness (QED) is 0.335. The molecule has 0 radical (unpaired) electrons. The van der Waals surface area contributed by atoms with Crippen molar-refractivity contribution < 1.29 is 19.4 Å². The Hall–Kier alpha value is -3.88. The summed E-state index contributed by atoms with van der Waals surface area (Å²) in [6, 6.07) is 6.44. The Morgan fingerprint density at radius 1 is 1.22 bits per heavy atom. The lowest BCUT2D eigenvalue weighted by Crippen LogP contribution is -2.31. The smallest absolute Gasteiger partial charge is 0.295 e. The SMILES string of the molecule is COc1ccccc1C1/C(=C(\O)c2c(C)n[nH]c2C)C(=O)C(=O)N1CCCn1ccnc1. The fourth-order valence-corrected chi connectivity index (χ4v) is 4.20. The van der Waals surface area contributed by atoms with Crippen molar-refractivity contribution >= 4 is 17.4 Å². The first-order valence-corrected chi connectivity index (χ1v) is 10.3. The molecular weight excluding hydrogens is 410 g/mol. The summed E-state index contributed by atoms with van der Waals surface area (Å²) in [6.45, 7) is 4.46. The van der Waals surface area contributed by atoms with E-state index in [9.17, 15) is 14.7 Å². The Morgan fingerprint density at radius 2 is 2.00 bits per heavy atom. The molecule has 1 amide bonds. The van der Waals surface area contributed by atoms with E-state index in [1.165, 1.54) is 12.0 Å². The van der Waals surface area contributed by atoms with Gasteiger partial charge in [0.2, 0.25) is 0 Å². The van der Waals surface area contributed by atoms with Crippen LogP contribution in [0.25, 0.3) is 5.76 Å². The van der Waals surface area contributed by atoms with Crippen molar-refractivity contribution in [2.45, 2.75) is 32.9 Å². The first kappa shape index (κ1) is 21.4. The lowest BCUT2D eigenvalue weighted by molar-refractivity contribution is -0.140. The van der Waals surface area contributed by atoms with Crippen molar-refractivity contribution in [1.82, 2.24) is 24.6 Å². The number of aliphatic hydroxyl groups is 1. The van der Waals surface area contributed by atoms with Crippen molar-refractivity contribution in [3.63, 3.8) is 0 Å². The number of Topliss-reactive ketones (excluding diaryl/α,β-unsaturated/α-hetero) is 1.